The van der Waals surface area contributed by atoms with Gasteiger partial charge in [0.2, 0.25) is 5.95 Å². The summed E-state index contributed by atoms with van der Waals surface area (Å²) in [4.78, 5) is 11.6. The van der Waals surface area contributed by atoms with Gasteiger partial charge in [0.25, 0.3) is 0 Å². The van der Waals surface area contributed by atoms with Gasteiger partial charge in [-0.3, -0.25) is 0 Å². The highest BCUT2D eigenvalue weighted by Gasteiger charge is 2.14. The van der Waals surface area contributed by atoms with Crippen LogP contribution in [0.25, 0.3) is 0 Å². The van der Waals surface area contributed by atoms with Gasteiger partial charge in [-0.2, -0.15) is 4.98 Å². The Morgan fingerprint density at radius 1 is 0.852 bits per heavy atom. The summed E-state index contributed by atoms with van der Waals surface area (Å²) in [6.45, 7) is 4.08. The van der Waals surface area contributed by atoms with Crippen molar-refractivity contribution in [1.29, 1.82) is 0 Å². The molecule has 1 saturated heterocycles. The monoisotopic (exact) mass is 360 g/mol. The maximum atomic E-state index is 5.84. The number of ether oxygens (including phenoxy) is 1. The Morgan fingerprint density at radius 2 is 1.56 bits per heavy atom. The minimum atomic E-state index is 0.805. The minimum absolute atomic E-state index is 0.805. The second-order valence-corrected chi connectivity index (χ2v) is 6.81. The van der Waals surface area contributed by atoms with Crippen LogP contribution >= 0.6 is 0 Å². The first kappa shape index (κ1) is 17.3. The molecule has 0 amide bonds. The standard InChI is InChI=1S/C22H24N4O/c1-17-16-21(25-22(23-17)26-14-6-3-7-15-26)24-18-10-12-20(13-11-18)27-19-8-4-2-5-9-19/h2,4-5,8-13,16H,3,6-7,14-15H2,1H3,(H,23,24,25). The molecule has 0 saturated carbocycles. The van der Waals surface area contributed by atoms with E-state index < -0.39 is 0 Å². The lowest BCUT2D eigenvalue weighted by molar-refractivity contribution is 0.483. The Morgan fingerprint density at radius 3 is 2.30 bits per heavy atom. The summed E-state index contributed by atoms with van der Waals surface area (Å²) in [6, 6.07) is 19.7. The summed E-state index contributed by atoms with van der Waals surface area (Å²) < 4.78 is 5.84. The van der Waals surface area contributed by atoms with E-state index in [0.29, 0.717) is 0 Å². The molecular formula is C22H24N4O. The lowest BCUT2D eigenvalue weighted by Crippen LogP contribution is -2.31. The number of benzene rings is 2. The third-order valence-corrected chi connectivity index (χ3v) is 4.59. The predicted octanol–water partition coefficient (Wildman–Crippen LogP) is 5.31. The van der Waals surface area contributed by atoms with Gasteiger partial charge in [-0.15, -0.1) is 0 Å². The van der Waals surface area contributed by atoms with Crippen LogP contribution in [-0.4, -0.2) is 23.1 Å². The van der Waals surface area contributed by atoms with Crippen molar-refractivity contribution in [2.24, 2.45) is 0 Å². The zero-order chi connectivity index (χ0) is 18.5. The quantitative estimate of drug-likeness (QED) is 0.668. The van der Waals surface area contributed by atoms with Crippen molar-refractivity contribution >= 4 is 17.5 Å². The van der Waals surface area contributed by atoms with E-state index in [1.165, 1.54) is 19.3 Å². The fourth-order valence-corrected chi connectivity index (χ4v) is 3.23. The second kappa shape index (κ2) is 8.08. The van der Waals surface area contributed by atoms with Crippen molar-refractivity contribution in [3.63, 3.8) is 0 Å². The number of hydrogen-bond acceptors (Lipinski definition) is 5. The van der Waals surface area contributed by atoms with Crippen molar-refractivity contribution in [1.82, 2.24) is 9.97 Å². The number of nitrogens with zero attached hydrogens (tertiary/aromatic N) is 3. The molecule has 1 aliphatic heterocycles. The Hall–Kier alpha value is -3.08. The van der Waals surface area contributed by atoms with E-state index >= 15 is 0 Å². The van der Waals surface area contributed by atoms with Gasteiger partial charge >= 0.3 is 0 Å². The lowest BCUT2D eigenvalue weighted by Gasteiger charge is -2.27. The molecule has 1 fully saturated rings. The van der Waals surface area contributed by atoms with Crippen LogP contribution in [0.15, 0.2) is 60.7 Å². The Bertz CT molecular complexity index is 875. The molecule has 0 radical (unpaired) electrons. The van der Waals surface area contributed by atoms with E-state index in [-0.39, 0.29) is 0 Å². The number of para-hydroxylation sites is 1. The highest BCUT2D eigenvalue weighted by Crippen LogP contribution is 2.25. The molecule has 2 aromatic carbocycles. The number of hydrogen-bond donors (Lipinski definition) is 1. The Kier molecular flexibility index (Phi) is 5.19. The average Bonchev–Trinajstić information content (AvgIpc) is 2.71. The maximum Gasteiger partial charge on any atom is 0.227 e. The largest absolute Gasteiger partial charge is 0.457 e. The number of piperidine rings is 1. The highest BCUT2D eigenvalue weighted by atomic mass is 16.5. The van der Waals surface area contributed by atoms with Gasteiger partial charge in [0.15, 0.2) is 0 Å². The van der Waals surface area contributed by atoms with Gasteiger partial charge in [0.1, 0.15) is 17.3 Å². The number of aryl methyl sites for hydroxylation is 1. The van der Waals surface area contributed by atoms with Gasteiger partial charge in [0, 0.05) is 30.5 Å². The maximum absolute atomic E-state index is 5.84. The summed E-state index contributed by atoms with van der Waals surface area (Å²) in [6.07, 6.45) is 3.72. The third kappa shape index (κ3) is 4.56. The van der Waals surface area contributed by atoms with Crippen molar-refractivity contribution in [3.05, 3.63) is 66.4 Å². The van der Waals surface area contributed by atoms with Crippen LogP contribution in [0.4, 0.5) is 17.5 Å². The average molecular weight is 360 g/mol. The molecule has 1 N–H and O–H groups in total. The molecule has 27 heavy (non-hydrogen) atoms. The van der Waals surface area contributed by atoms with Crippen molar-refractivity contribution in [2.45, 2.75) is 26.2 Å². The molecule has 0 bridgehead atoms. The number of aromatic nitrogens is 2. The Labute approximate surface area is 160 Å². The molecule has 4 rings (SSSR count). The van der Waals surface area contributed by atoms with Crippen LogP contribution in [0.1, 0.15) is 25.0 Å². The summed E-state index contributed by atoms with van der Waals surface area (Å²) in [5, 5.41) is 3.38. The van der Waals surface area contributed by atoms with E-state index in [9.17, 15) is 0 Å². The first-order chi connectivity index (χ1) is 13.3. The highest BCUT2D eigenvalue weighted by molar-refractivity contribution is 5.59. The smallest absolute Gasteiger partial charge is 0.227 e. The SMILES string of the molecule is Cc1cc(Nc2ccc(Oc3ccccc3)cc2)nc(N2CCCCC2)n1. The molecule has 1 aromatic heterocycles. The predicted molar refractivity (Wildman–Crippen MR) is 109 cm³/mol. The molecule has 0 aliphatic carbocycles. The van der Waals surface area contributed by atoms with E-state index in [1.807, 2.05) is 67.6 Å². The molecule has 5 heteroatoms. The fourth-order valence-electron chi connectivity index (χ4n) is 3.23. The van der Waals surface area contributed by atoms with Crippen LogP contribution in [-0.2, 0) is 0 Å². The molecule has 0 unspecified atom stereocenters. The summed E-state index contributed by atoms with van der Waals surface area (Å²) in [5.41, 5.74) is 1.94. The first-order valence-electron chi connectivity index (χ1n) is 9.47. The summed E-state index contributed by atoms with van der Waals surface area (Å²) >= 11 is 0. The minimum Gasteiger partial charge on any atom is -0.457 e. The van der Waals surface area contributed by atoms with Gasteiger partial charge in [-0.25, -0.2) is 4.98 Å². The lowest BCUT2D eigenvalue weighted by atomic mass is 10.1. The topological polar surface area (TPSA) is 50.3 Å². The molecule has 1 aliphatic rings. The summed E-state index contributed by atoms with van der Waals surface area (Å²) in [5.74, 6) is 3.27. The van der Waals surface area contributed by atoms with Gasteiger partial charge in [-0.05, 0) is 62.6 Å². The van der Waals surface area contributed by atoms with Crippen molar-refractivity contribution in [3.8, 4) is 11.5 Å². The van der Waals surface area contributed by atoms with Crippen LogP contribution < -0.4 is 15.0 Å². The number of rotatable bonds is 5. The molecule has 5 nitrogen and oxygen atoms in total. The third-order valence-electron chi connectivity index (χ3n) is 4.59. The molecule has 138 valence electrons. The normalized spacial score (nSPS) is 14.0. The van der Waals surface area contributed by atoms with E-state index in [1.54, 1.807) is 0 Å². The van der Waals surface area contributed by atoms with Crippen LogP contribution in [0.2, 0.25) is 0 Å². The van der Waals surface area contributed by atoms with Crippen LogP contribution in [0, 0.1) is 6.92 Å². The zero-order valence-electron chi connectivity index (χ0n) is 15.6. The number of anilines is 3. The second-order valence-electron chi connectivity index (χ2n) is 6.81. The molecule has 3 aromatic rings. The van der Waals surface area contributed by atoms with E-state index in [2.05, 4.69) is 15.2 Å². The Balaban J connectivity index is 1.46. The zero-order valence-corrected chi connectivity index (χ0v) is 15.6. The van der Waals surface area contributed by atoms with Crippen molar-refractivity contribution in [2.75, 3.05) is 23.3 Å². The number of nitrogens with one attached hydrogen (secondary N) is 1. The van der Waals surface area contributed by atoms with E-state index in [0.717, 1.165) is 47.7 Å². The van der Waals surface area contributed by atoms with Crippen LogP contribution in [0.5, 0.6) is 11.5 Å². The summed E-state index contributed by atoms with van der Waals surface area (Å²) in [7, 11) is 0. The van der Waals surface area contributed by atoms with Gasteiger partial charge in [-0.1, -0.05) is 18.2 Å². The van der Waals surface area contributed by atoms with Crippen molar-refractivity contribution < 1.29 is 4.74 Å². The molecular weight excluding hydrogens is 336 g/mol. The van der Waals surface area contributed by atoms with Gasteiger partial charge in [0.05, 0.1) is 0 Å². The molecule has 0 atom stereocenters. The fraction of sp³-hybridized carbons (Fsp3) is 0.273. The van der Waals surface area contributed by atoms with Crippen LogP contribution in [0.3, 0.4) is 0 Å². The molecule has 0 spiro atoms. The van der Waals surface area contributed by atoms with Gasteiger partial charge < -0.3 is 15.0 Å². The first-order valence-corrected chi connectivity index (χ1v) is 9.47. The molecule has 2 heterocycles. The van der Waals surface area contributed by atoms with E-state index in [4.69, 9.17) is 9.72 Å².